The van der Waals surface area contributed by atoms with Gasteiger partial charge in [-0.15, -0.1) is 6.58 Å². The van der Waals surface area contributed by atoms with E-state index in [0.29, 0.717) is 5.56 Å². The zero-order valence-corrected chi connectivity index (χ0v) is 10.1. The first kappa shape index (κ1) is 12.9. The predicted molar refractivity (Wildman–Crippen MR) is 67.0 cm³/mol. The number of allylic oxidation sites excluding steroid dienone is 1. The van der Waals surface area contributed by atoms with Crippen molar-refractivity contribution in [3.8, 4) is 0 Å². The third-order valence-corrected chi connectivity index (χ3v) is 2.85. The van der Waals surface area contributed by atoms with Gasteiger partial charge < -0.3 is 5.32 Å². The Balaban J connectivity index is 2.78. The summed E-state index contributed by atoms with van der Waals surface area (Å²) in [5.74, 6) is -0.0829. The predicted octanol–water partition coefficient (Wildman–Crippen LogP) is 3.75. The molecule has 0 amide bonds. The SMILES string of the molecule is C=CCCCC(NC)c1cccc(C)c1F. The second kappa shape index (κ2) is 6.44. The number of hydrogen-bond donors (Lipinski definition) is 1. The fourth-order valence-corrected chi connectivity index (χ4v) is 1.86. The molecule has 1 aromatic rings. The third kappa shape index (κ3) is 3.17. The molecule has 0 bridgehead atoms. The normalized spacial score (nSPS) is 12.4. The van der Waals surface area contributed by atoms with E-state index >= 15 is 0 Å². The van der Waals surface area contributed by atoms with Crippen LogP contribution in [0.1, 0.15) is 36.4 Å². The van der Waals surface area contributed by atoms with Crippen LogP contribution in [0.15, 0.2) is 30.9 Å². The molecule has 1 unspecified atom stereocenters. The lowest BCUT2D eigenvalue weighted by atomic mass is 9.99. The highest BCUT2D eigenvalue weighted by atomic mass is 19.1. The van der Waals surface area contributed by atoms with Crippen LogP contribution in [0.25, 0.3) is 0 Å². The Hall–Kier alpha value is -1.15. The number of nitrogens with one attached hydrogen (secondary N) is 1. The Morgan fingerprint density at radius 3 is 2.88 bits per heavy atom. The minimum absolute atomic E-state index is 0.0829. The molecular weight excluding hydrogens is 201 g/mol. The molecule has 0 saturated heterocycles. The van der Waals surface area contributed by atoms with Crippen LogP contribution in [-0.2, 0) is 0 Å². The van der Waals surface area contributed by atoms with E-state index in [4.69, 9.17) is 0 Å². The summed E-state index contributed by atoms with van der Waals surface area (Å²) in [5.41, 5.74) is 1.48. The van der Waals surface area contributed by atoms with E-state index in [-0.39, 0.29) is 11.9 Å². The van der Waals surface area contributed by atoms with E-state index in [9.17, 15) is 4.39 Å². The number of halogens is 1. The van der Waals surface area contributed by atoms with Crippen LogP contribution < -0.4 is 5.32 Å². The van der Waals surface area contributed by atoms with Gasteiger partial charge >= 0.3 is 0 Å². The summed E-state index contributed by atoms with van der Waals surface area (Å²) in [6, 6.07) is 5.66. The molecule has 0 aliphatic rings. The number of rotatable bonds is 6. The fraction of sp³-hybridized carbons (Fsp3) is 0.429. The third-order valence-electron chi connectivity index (χ3n) is 2.85. The minimum atomic E-state index is -0.0829. The van der Waals surface area contributed by atoms with Gasteiger partial charge in [-0.05, 0) is 38.8 Å². The number of aryl methyl sites for hydroxylation is 1. The molecule has 0 aliphatic carbocycles. The monoisotopic (exact) mass is 221 g/mol. The van der Waals surface area contributed by atoms with Crippen molar-refractivity contribution in [1.29, 1.82) is 0 Å². The molecule has 16 heavy (non-hydrogen) atoms. The largest absolute Gasteiger partial charge is 0.313 e. The van der Waals surface area contributed by atoms with Crippen LogP contribution in [0.2, 0.25) is 0 Å². The van der Waals surface area contributed by atoms with Crippen LogP contribution in [0.4, 0.5) is 4.39 Å². The van der Waals surface area contributed by atoms with Crippen LogP contribution in [0, 0.1) is 12.7 Å². The van der Waals surface area contributed by atoms with Gasteiger partial charge in [-0.1, -0.05) is 24.3 Å². The number of unbranched alkanes of at least 4 members (excludes halogenated alkanes) is 1. The highest BCUT2D eigenvalue weighted by molar-refractivity contribution is 5.27. The molecule has 1 N–H and O–H groups in total. The van der Waals surface area contributed by atoms with Gasteiger partial charge in [0.25, 0.3) is 0 Å². The highest BCUT2D eigenvalue weighted by Gasteiger charge is 2.14. The summed E-state index contributed by atoms with van der Waals surface area (Å²) in [6.07, 6.45) is 4.84. The summed E-state index contributed by atoms with van der Waals surface area (Å²) >= 11 is 0. The molecule has 1 rings (SSSR count). The van der Waals surface area contributed by atoms with E-state index in [2.05, 4.69) is 11.9 Å². The Morgan fingerprint density at radius 2 is 2.25 bits per heavy atom. The first-order valence-corrected chi connectivity index (χ1v) is 5.74. The molecule has 0 fully saturated rings. The van der Waals surface area contributed by atoms with Crippen LogP contribution >= 0.6 is 0 Å². The number of hydrogen-bond acceptors (Lipinski definition) is 1. The zero-order chi connectivity index (χ0) is 12.0. The molecule has 1 atom stereocenters. The first-order valence-electron chi connectivity index (χ1n) is 5.74. The topological polar surface area (TPSA) is 12.0 Å². The fourth-order valence-electron chi connectivity index (χ4n) is 1.86. The maximum absolute atomic E-state index is 13.9. The van der Waals surface area contributed by atoms with Crippen LogP contribution in [-0.4, -0.2) is 7.05 Å². The van der Waals surface area contributed by atoms with E-state index < -0.39 is 0 Å². The Kier molecular flexibility index (Phi) is 5.20. The second-order valence-corrected chi connectivity index (χ2v) is 4.04. The molecule has 1 nitrogen and oxygen atoms in total. The molecule has 0 aromatic heterocycles. The second-order valence-electron chi connectivity index (χ2n) is 4.04. The minimum Gasteiger partial charge on any atom is -0.313 e. The first-order chi connectivity index (χ1) is 7.70. The Bertz CT molecular complexity index is 347. The quantitative estimate of drug-likeness (QED) is 0.570. The smallest absolute Gasteiger partial charge is 0.130 e. The Labute approximate surface area is 97.4 Å². The number of benzene rings is 1. The van der Waals surface area contributed by atoms with Gasteiger partial charge in [0, 0.05) is 11.6 Å². The van der Waals surface area contributed by atoms with Crippen LogP contribution in [0.3, 0.4) is 0 Å². The molecule has 1 aromatic carbocycles. The standard InChI is InChI=1S/C14H20FN/c1-4-5-6-10-13(16-3)12-9-7-8-11(2)14(12)15/h4,7-9,13,16H,1,5-6,10H2,2-3H3. The van der Waals surface area contributed by atoms with E-state index in [1.54, 1.807) is 13.0 Å². The lowest BCUT2D eigenvalue weighted by Gasteiger charge is -2.17. The van der Waals surface area contributed by atoms with E-state index in [1.165, 1.54) is 0 Å². The van der Waals surface area contributed by atoms with Crippen molar-refractivity contribution in [2.24, 2.45) is 0 Å². The summed E-state index contributed by atoms with van der Waals surface area (Å²) in [6.45, 7) is 5.49. The molecular formula is C14H20FN. The molecule has 0 spiro atoms. The lowest BCUT2D eigenvalue weighted by molar-refractivity contribution is 0.494. The molecule has 2 heteroatoms. The van der Waals surface area contributed by atoms with Crippen molar-refractivity contribution >= 4 is 0 Å². The lowest BCUT2D eigenvalue weighted by Crippen LogP contribution is -2.18. The molecule has 0 radical (unpaired) electrons. The average molecular weight is 221 g/mol. The average Bonchev–Trinajstić information content (AvgIpc) is 2.29. The zero-order valence-electron chi connectivity index (χ0n) is 10.1. The maximum Gasteiger partial charge on any atom is 0.130 e. The van der Waals surface area contributed by atoms with Crippen molar-refractivity contribution in [2.45, 2.75) is 32.2 Å². The van der Waals surface area contributed by atoms with Gasteiger partial charge in [-0.2, -0.15) is 0 Å². The summed E-state index contributed by atoms with van der Waals surface area (Å²) in [5, 5.41) is 3.17. The summed E-state index contributed by atoms with van der Waals surface area (Å²) < 4.78 is 13.9. The van der Waals surface area contributed by atoms with Crippen molar-refractivity contribution in [2.75, 3.05) is 7.05 Å². The summed E-state index contributed by atoms with van der Waals surface area (Å²) in [4.78, 5) is 0. The van der Waals surface area contributed by atoms with E-state index in [0.717, 1.165) is 24.8 Å². The van der Waals surface area contributed by atoms with E-state index in [1.807, 2.05) is 25.3 Å². The van der Waals surface area contributed by atoms with Crippen molar-refractivity contribution in [3.63, 3.8) is 0 Å². The van der Waals surface area contributed by atoms with Crippen molar-refractivity contribution in [3.05, 3.63) is 47.8 Å². The van der Waals surface area contributed by atoms with Gasteiger partial charge in [0.1, 0.15) is 5.82 Å². The Morgan fingerprint density at radius 1 is 1.50 bits per heavy atom. The molecule has 0 aliphatic heterocycles. The van der Waals surface area contributed by atoms with Crippen LogP contribution in [0.5, 0.6) is 0 Å². The van der Waals surface area contributed by atoms with Gasteiger partial charge in [0.2, 0.25) is 0 Å². The maximum atomic E-state index is 13.9. The molecule has 0 saturated carbocycles. The van der Waals surface area contributed by atoms with Gasteiger partial charge in [0.15, 0.2) is 0 Å². The van der Waals surface area contributed by atoms with Crippen molar-refractivity contribution < 1.29 is 4.39 Å². The van der Waals surface area contributed by atoms with Gasteiger partial charge in [0.05, 0.1) is 0 Å². The highest BCUT2D eigenvalue weighted by Crippen LogP contribution is 2.23. The summed E-state index contributed by atoms with van der Waals surface area (Å²) in [7, 11) is 1.88. The van der Waals surface area contributed by atoms with Crippen molar-refractivity contribution in [1.82, 2.24) is 5.32 Å². The molecule has 0 heterocycles. The van der Waals surface area contributed by atoms with Gasteiger partial charge in [-0.25, -0.2) is 4.39 Å². The van der Waals surface area contributed by atoms with Gasteiger partial charge in [-0.3, -0.25) is 0 Å². The molecule has 88 valence electrons.